The maximum Gasteiger partial charge on any atom is 0.131 e. The van der Waals surface area contributed by atoms with Gasteiger partial charge in [-0.1, -0.05) is 0 Å². The van der Waals surface area contributed by atoms with Gasteiger partial charge in [-0.3, -0.25) is 0 Å². The highest BCUT2D eigenvalue weighted by Crippen LogP contribution is 2.23. The SMILES string of the molecule is COCCCc1nc(N)c2c(n1)CCCC2. The molecule has 0 spiro atoms. The summed E-state index contributed by atoms with van der Waals surface area (Å²) in [6, 6.07) is 0. The molecule has 16 heavy (non-hydrogen) atoms. The first-order valence-corrected chi connectivity index (χ1v) is 5.94. The van der Waals surface area contributed by atoms with E-state index in [1.165, 1.54) is 24.1 Å². The van der Waals surface area contributed by atoms with Crippen molar-refractivity contribution in [3.8, 4) is 0 Å². The molecule has 1 aromatic heterocycles. The molecule has 0 bridgehead atoms. The Morgan fingerprint density at radius 1 is 1.25 bits per heavy atom. The molecular formula is C12H19N3O. The first kappa shape index (κ1) is 11.3. The number of hydrogen-bond acceptors (Lipinski definition) is 4. The number of methoxy groups -OCH3 is 1. The number of nitrogens with two attached hydrogens (primary N) is 1. The molecule has 88 valence electrons. The number of anilines is 1. The van der Waals surface area contributed by atoms with Crippen LogP contribution in [0.2, 0.25) is 0 Å². The molecule has 0 aliphatic heterocycles. The first-order valence-electron chi connectivity index (χ1n) is 5.94. The zero-order valence-electron chi connectivity index (χ0n) is 9.83. The Kier molecular flexibility index (Phi) is 3.72. The third-order valence-corrected chi connectivity index (χ3v) is 3.01. The van der Waals surface area contributed by atoms with Crippen molar-refractivity contribution >= 4 is 5.82 Å². The van der Waals surface area contributed by atoms with Gasteiger partial charge in [-0.05, 0) is 32.1 Å². The number of hydrogen-bond donors (Lipinski definition) is 1. The lowest BCUT2D eigenvalue weighted by molar-refractivity contribution is 0.194. The molecule has 4 nitrogen and oxygen atoms in total. The summed E-state index contributed by atoms with van der Waals surface area (Å²) in [6.07, 6.45) is 6.34. The van der Waals surface area contributed by atoms with E-state index in [9.17, 15) is 0 Å². The average molecular weight is 221 g/mol. The molecule has 1 aromatic rings. The van der Waals surface area contributed by atoms with E-state index >= 15 is 0 Å². The maximum absolute atomic E-state index is 5.96. The van der Waals surface area contributed by atoms with Gasteiger partial charge in [-0.15, -0.1) is 0 Å². The van der Waals surface area contributed by atoms with Crippen molar-refractivity contribution in [1.82, 2.24) is 9.97 Å². The predicted molar refractivity (Wildman–Crippen MR) is 63.3 cm³/mol. The van der Waals surface area contributed by atoms with Crippen LogP contribution in [-0.4, -0.2) is 23.7 Å². The van der Waals surface area contributed by atoms with Crippen LogP contribution in [0.3, 0.4) is 0 Å². The predicted octanol–water partition coefficient (Wildman–Crippen LogP) is 1.52. The van der Waals surface area contributed by atoms with Crippen molar-refractivity contribution in [1.29, 1.82) is 0 Å². The summed E-state index contributed by atoms with van der Waals surface area (Å²) in [5.74, 6) is 1.56. The Labute approximate surface area is 96.2 Å². The summed E-state index contributed by atoms with van der Waals surface area (Å²) < 4.78 is 5.02. The minimum Gasteiger partial charge on any atom is -0.385 e. The van der Waals surface area contributed by atoms with Crippen LogP contribution in [0, 0.1) is 0 Å². The van der Waals surface area contributed by atoms with Crippen LogP contribution in [0.5, 0.6) is 0 Å². The number of nitrogen functional groups attached to an aromatic ring is 1. The summed E-state index contributed by atoms with van der Waals surface area (Å²) in [6.45, 7) is 0.750. The quantitative estimate of drug-likeness (QED) is 0.783. The van der Waals surface area contributed by atoms with E-state index < -0.39 is 0 Å². The maximum atomic E-state index is 5.96. The Morgan fingerprint density at radius 3 is 2.88 bits per heavy atom. The van der Waals surface area contributed by atoms with E-state index in [2.05, 4.69) is 9.97 Å². The van der Waals surface area contributed by atoms with Crippen LogP contribution in [0.25, 0.3) is 0 Å². The second-order valence-corrected chi connectivity index (χ2v) is 4.25. The van der Waals surface area contributed by atoms with Crippen molar-refractivity contribution in [2.75, 3.05) is 19.5 Å². The van der Waals surface area contributed by atoms with Crippen LogP contribution in [0.15, 0.2) is 0 Å². The second kappa shape index (κ2) is 5.25. The lowest BCUT2D eigenvalue weighted by atomic mass is 9.96. The number of ether oxygens (including phenoxy) is 1. The molecule has 0 aromatic carbocycles. The first-order chi connectivity index (χ1) is 7.81. The number of rotatable bonds is 4. The second-order valence-electron chi connectivity index (χ2n) is 4.25. The molecule has 1 aliphatic carbocycles. The fourth-order valence-corrected chi connectivity index (χ4v) is 2.16. The molecule has 2 N–H and O–H groups in total. The largest absolute Gasteiger partial charge is 0.385 e. The summed E-state index contributed by atoms with van der Waals surface area (Å²) in [5.41, 5.74) is 8.32. The van der Waals surface area contributed by atoms with E-state index in [0.29, 0.717) is 5.82 Å². The van der Waals surface area contributed by atoms with Crippen molar-refractivity contribution in [3.63, 3.8) is 0 Å². The van der Waals surface area contributed by atoms with E-state index in [1.54, 1.807) is 7.11 Å². The average Bonchev–Trinajstić information content (AvgIpc) is 2.30. The van der Waals surface area contributed by atoms with Crippen molar-refractivity contribution < 1.29 is 4.74 Å². The Morgan fingerprint density at radius 2 is 2.06 bits per heavy atom. The topological polar surface area (TPSA) is 61.0 Å². The minimum atomic E-state index is 0.692. The van der Waals surface area contributed by atoms with Gasteiger partial charge in [0.05, 0.1) is 0 Å². The van der Waals surface area contributed by atoms with Crippen molar-refractivity contribution in [2.24, 2.45) is 0 Å². The van der Waals surface area contributed by atoms with Gasteiger partial charge in [0.25, 0.3) is 0 Å². The summed E-state index contributed by atoms with van der Waals surface area (Å²) in [4.78, 5) is 8.97. The fourth-order valence-electron chi connectivity index (χ4n) is 2.16. The standard InChI is InChI=1S/C12H19N3O/c1-16-8-4-7-11-14-10-6-3-2-5-9(10)12(13)15-11/h2-8H2,1H3,(H2,13,14,15). The van der Waals surface area contributed by atoms with Crippen LogP contribution >= 0.6 is 0 Å². The van der Waals surface area contributed by atoms with Gasteiger partial charge >= 0.3 is 0 Å². The number of aromatic nitrogens is 2. The molecule has 4 heteroatoms. The normalized spacial score (nSPS) is 14.8. The molecule has 0 saturated heterocycles. The van der Waals surface area contributed by atoms with Gasteiger partial charge in [0.2, 0.25) is 0 Å². The smallest absolute Gasteiger partial charge is 0.131 e. The van der Waals surface area contributed by atoms with E-state index in [1.807, 2.05) is 0 Å². The van der Waals surface area contributed by atoms with E-state index in [0.717, 1.165) is 38.1 Å². The Hall–Kier alpha value is -1.16. The monoisotopic (exact) mass is 221 g/mol. The zero-order valence-corrected chi connectivity index (χ0v) is 9.83. The van der Waals surface area contributed by atoms with Crippen LogP contribution in [0.4, 0.5) is 5.82 Å². The summed E-state index contributed by atoms with van der Waals surface area (Å²) in [7, 11) is 1.71. The Balaban J connectivity index is 2.12. The fraction of sp³-hybridized carbons (Fsp3) is 0.667. The highest BCUT2D eigenvalue weighted by atomic mass is 16.5. The number of nitrogens with zero attached hydrogens (tertiary/aromatic N) is 2. The molecule has 1 heterocycles. The summed E-state index contributed by atoms with van der Waals surface area (Å²) in [5, 5.41) is 0. The highest BCUT2D eigenvalue weighted by Gasteiger charge is 2.15. The third kappa shape index (κ3) is 2.50. The van der Waals surface area contributed by atoms with Crippen molar-refractivity contribution in [3.05, 3.63) is 17.1 Å². The molecular weight excluding hydrogens is 202 g/mol. The third-order valence-electron chi connectivity index (χ3n) is 3.01. The minimum absolute atomic E-state index is 0.692. The zero-order chi connectivity index (χ0) is 11.4. The lowest BCUT2D eigenvalue weighted by Gasteiger charge is -2.17. The molecule has 0 fully saturated rings. The van der Waals surface area contributed by atoms with Crippen LogP contribution < -0.4 is 5.73 Å². The molecule has 0 saturated carbocycles. The molecule has 0 radical (unpaired) electrons. The molecule has 1 aliphatic rings. The van der Waals surface area contributed by atoms with Gasteiger partial charge in [-0.2, -0.15) is 0 Å². The lowest BCUT2D eigenvalue weighted by Crippen LogP contribution is -2.13. The molecule has 0 unspecified atom stereocenters. The van der Waals surface area contributed by atoms with Gasteiger partial charge in [0, 0.05) is 31.4 Å². The number of fused-ring (bicyclic) bond motifs is 1. The molecule has 0 atom stereocenters. The van der Waals surface area contributed by atoms with Gasteiger partial charge in [0.15, 0.2) is 0 Å². The Bertz CT molecular complexity index is 366. The van der Waals surface area contributed by atoms with Crippen molar-refractivity contribution in [2.45, 2.75) is 38.5 Å². The van der Waals surface area contributed by atoms with E-state index in [-0.39, 0.29) is 0 Å². The van der Waals surface area contributed by atoms with Crippen LogP contribution in [-0.2, 0) is 24.0 Å². The van der Waals surface area contributed by atoms with Gasteiger partial charge in [-0.25, -0.2) is 9.97 Å². The van der Waals surface area contributed by atoms with Crippen LogP contribution in [0.1, 0.15) is 36.3 Å². The number of aryl methyl sites for hydroxylation is 2. The van der Waals surface area contributed by atoms with E-state index in [4.69, 9.17) is 10.5 Å². The molecule has 2 rings (SSSR count). The molecule has 0 amide bonds. The summed E-state index contributed by atoms with van der Waals surface area (Å²) >= 11 is 0. The van der Waals surface area contributed by atoms with Gasteiger partial charge in [0.1, 0.15) is 11.6 Å². The van der Waals surface area contributed by atoms with Gasteiger partial charge < -0.3 is 10.5 Å². The highest BCUT2D eigenvalue weighted by molar-refractivity contribution is 5.43.